The van der Waals surface area contributed by atoms with Gasteiger partial charge in [-0.3, -0.25) is 4.79 Å². The van der Waals surface area contributed by atoms with Crippen LogP contribution in [0.15, 0.2) is 24.3 Å². The zero-order valence-electron chi connectivity index (χ0n) is 12.9. The van der Waals surface area contributed by atoms with Gasteiger partial charge in [0.15, 0.2) is 0 Å². The van der Waals surface area contributed by atoms with Crippen molar-refractivity contribution in [3.8, 4) is 5.75 Å². The molecule has 0 radical (unpaired) electrons. The van der Waals surface area contributed by atoms with E-state index in [1.54, 1.807) is 36.3 Å². The molecule has 1 aromatic rings. The normalized spacial score (nSPS) is 11.2. The minimum atomic E-state index is -3.54. The highest BCUT2D eigenvalue weighted by Crippen LogP contribution is 2.15. The van der Waals surface area contributed by atoms with E-state index in [4.69, 9.17) is 13.7 Å². The molecule has 0 aliphatic heterocycles. The third-order valence-electron chi connectivity index (χ3n) is 2.73. The maximum absolute atomic E-state index is 11.9. The number of carbonyl (C=O) groups excluding carboxylic acids is 1. The van der Waals surface area contributed by atoms with Crippen molar-refractivity contribution in [1.29, 1.82) is 0 Å². The Balaban J connectivity index is 2.74. The number of benzene rings is 1. The summed E-state index contributed by atoms with van der Waals surface area (Å²) in [5.41, 5.74) is 0.849. The molecule has 0 saturated heterocycles. The Labute approximate surface area is 130 Å². The molecule has 1 amide bonds. The highest BCUT2D eigenvalue weighted by Gasteiger charge is 2.14. The van der Waals surface area contributed by atoms with E-state index in [1.165, 1.54) is 7.11 Å². The van der Waals surface area contributed by atoms with Crippen molar-refractivity contribution in [3.63, 3.8) is 0 Å². The van der Waals surface area contributed by atoms with Crippen molar-refractivity contribution in [2.45, 2.75) is 6.54 Å². The van der Waals surface area contributed by atoms with Gasteiger partial charge in [-0.25, -0.2) is 0 Å². The number of hydrogen-bond donors (Lipinski definition) is 0. The second-order valence-corrected chi connectivity index (χ2v) is 6.25. The van der Waals surface area contributed by atoms with Crippen LogP contribution in [-0.2, 0) is 30.9 Å². The second kappa shape index (κ2) is 8.72. The van der Waals surface area contributed by atoms with E-state index in [9.17, 15) is 13.2 Å². The molecule has 1 rings (SSSR count). The number of hydrogen-bond acceptors (Lipinski definition) is 6. The molecule has 0 aliphatic carbocycles. The summed E-state index contributed by atoms with van der Waals surface area (Å²) in [6.07, 6.45) is 0.983. The van der Waals surface area contributed by atoms with Gasteiger partial charge in [-0.1, -0.05) is 12.1 Å². The lowest BCUT2D eigenvalue weighted by Crippen LogP contribution is -2.35. The highest BCUT2D eigenvalue weighted by molar-refractivity contribution is 7.86. The highest BCUT2D eigenvalue weighted by atomic mass is 32.2. The summed E-state index contributed by atoms with van der Waals surface area (Å²) in [6, 6.07) is 6.51. The molecular formula is C14H21NO6S. The SMILES string of the molecule is COCCN(Cc1ccc(OS(C)(=O)=O)cc1)C(=O)COC. The lowest BCUT2D eigenvalue weighted by molar-refractivity contribution is -0.136. The van der Waals surface area contributed by atoms with Gasteiger partial charge in [0.25, 0.3) is 0 Å². The van der Waals surface area contributed by atoms with Crippen LogP contribution in [0.3, 0.4) is 0 Å². The van der Waals surface area contributed by atoms with Crippen molar-refractivity contribution in [2.24, 2.45) is 0 Å². The lowest BCUT2D eigenvalue weighted by atomic mass is 10.2. The molecule has 1 aromatic carbocycles. The first-order chi connectivity index (χ1) is 10.4. The van der Waals surface area contributed by atoms with Crippen LogP contribution in [0.25, 0.3) is 0 Å². The van der Waals surface area contributed by atoms with Gasteiger partial charge >= 0.3 is 10.1 Å². The molecule has 124 valence electrons. The molecule has 0 aliphatic rings. The van der Waals surface area contributed by atoms with Gasteiger partial charge in [-0.2, -0.15) is 8.42 Å². The van der Waals surface area contributed by atoms with Gasteiger partial charge in [-0.05, 0) is 17.7 Å². The van der Waals surface area contributed by atoms with Crippen LogP contribution in [0.2, 0.25) is 0 Å². The summed E-state index contributed by atoms with van der Waals surface area (Å²) in [5, 5.41) is 0. The lowest BCUT2D eigenvalue weighted by Gasteiger charge is -2.22. The molecule has 0 fully saturated rings. The van der Waals surface area contributed by atoms with Gasteiger partial charge in [0.2, 0.25) is 5.91 Å². The number of rotatable bonds is 9. The third-order valence-corrected chi connectivity index (χ3v) is 3.23. The Morgan fingerprint density at radius 2 is 1.77 bits per heavy atom. The molecule has 0 saturated carbocycles. The second-order valence-electron chi connectivity index (χ2n) is 4.67. The van der Waals surface area contributed by atoms with Gasteiger partial charge in [0, 0.05) is 27.3 Å². The van der Waals surface area contributed by atoms with E-state index in [2.05, 4.69) is 0 Å². The summed E-state index contributed by atoms with van der Waals surface area (Å²) in [7, 11) is -0.516. The number of ether oxygens (including phenoxy) is 2. The van der Waals surface area contributed by atoms with E-state index in [-0.39, 0.29) is 18.3 Å². The average molecular weight is 331 g/mol. The summed E-state index contributed by atoms with van der Waals surface area (Å²) >= 11 is 0. The Kier molecular flexibility index (Phi) is 7.30. The predicted octanol–water partition coefficient (Wildman–Crippen LogP) is 0.646. The van der Waals surface area contributed by atoms with E-state index >= 15 is 0 Å². The fraction of sp³-hybridized carbons (Fsp3) is 0.500. The Hall–Kier alpha value is -1.64. The molecule has 0 bridgehead atoms. The van der Waals surface area contributed by atoms with Crippen molar-refractivity contribution >= 4 is 16.0 Å². The average Bonchev–Trinajstić information content (AvgIpc) is 2.44. The standard InChI is InChI=1S/C14H21NO6S/c1-19-9-8-15(14(16)11-20-2)10-12-4-6-13(7-5-12)21-22(3,17)18/h4-7H,8-11H2,1-3H3. The third kappa shape index (κ3) is 6.88. The van der Waals surface area contributed by atoms with Crippen LogP contribution in [0.1, 0.15) is 5.56 Å². The van der Waals surface area contributed by atoms with Crippen LogP contribution in [-0.4, -0.2) is 59.5 Å². The topological polar surface area (TPSA) is 82.1 Å². The zero-order valence-corrected chi connectivity index (χ0v) is 13.8. The molecule has 7 nitrogen and oxygen atoms in total. The molecule has 0 N–H and O–H groups in total. The zero-order chi connectivity index (χ0) is 16.6. The Bertz CT molecular complexity index is 570. The van der Waals surface area contributed by atoms with Crippen LogP contribution in [0, 0.1) is 0 Å². The van der Waals surface area contributed by atoms with Crippen LogP contribution >= 0.6 is 0 Å². The van der Waals surface area contributed by atoms with Crippen molar-refractivity contribution < 1.29 is 26.9 Å². The van der Waals surface area contributed by atoms with Gasteiger partial charge in [-0.15, -0.1) is 0 Å². The maximum atomic E-state index is 11.9. The van der Waals surface area contributed by atoms with Crippen LogP contribution in [0.5, 0.6) is 5.75 Å². The summed E-state index contributed by atoms with van der Waals surface area (Å²) in [4.78, 5) is 13.6. The first-order valence-corrected chi connectivity index (χ1v) is 8.41. The summed E-state index contributed by atoms with van der Waals surface area (Å²) < 4.78 is 36.7. The van der Waals surface area contributed by atoms with E-state index in [0.717, 1.165) is 11.8 Å². The first-order valence-electron chi connectivity index (χ1n) is 6.59. The van der Waals surface area contributed by atoms with Crippen LogP contribution in [0.4, 0.5) is 0 Å². The minimum absolute atomic E-state index is 0.00100. The summed E-state index contributed by atoms with van der Waals surface area (Å²) in [5.74, 6) is 0.0916. The number of methoxy groups -OCH3 is 2. The molecular weight excluding hydrogens is 310 g/mol. The molecule has 8 heteroatoms. The number of amides is 1. The van der Waals surface area contributed by atoms with Crippen LogP contribution < -0.4 is 4.18 Å². The van der Waals surface area contributed by atoms with Gasteiger partial charge in [0.05, 0.1) is 12.9 Å². The minimum Gasteiger partial charge on any atom is -0.383 e. The van der Waals surface area contributed by atoms with Gasteiger partial charge < -0.3 is 18.6 Å². The molecule has 0 heterocycles. The smallest absolute Gasteiger partial charge is 0.306 e. The maximum Gasteiger partial charge on any atom is 0.306 e. The van der Waals surface area contributed by atoms with Crippen molar-refractivity contribution in [3.05, 3.63) is 29.8 Å². The molecule has 0 spiro atoms. The largest absolute Gasteiger partial charge is 0.383 e. The molecule has 0 atom stereocenters. The van der Waals surface area contributed by atoms with E-state index in [1.807, 2.05) is 0 Å². The molecule has 0 unspecified atom stereocenters. The predicted molar refractivity (Wildman–Crippen MR) is 81.1 cm³/mol. The fourth-order valence-corrected chi connectivity index (χ4v) is 2.21. The fourth-order valence-electron chi connectivity index (χ4n) is 1.75. The summed E-state index contributed by atoms with van der Waals surface area (Å²) in [6.45, 7) is 1.24. The molecule has 0 aromatic heterocycles. The van der Waals surface area contributed by atoms with E-state index in [0.29, 0.717) is 19.7 Å². The van der Waals surface area contributed by atoms with Crippen molar-refractivity contribution in [1.82, 2.24) is 4.90 Å². The molecule has 22 heavy (non-hydrogen) atoms. The first kappa shape index (κ1) is 18.4. The monoisotopic (exact) mass is 331 g/mol. The Morgan fingerprint density at radius 1 is 1.14 bits per heavy atom. The van der Waals surface area contributed by atoms with Gasteiger partial charge in [0.1, 0.15) is 12.4 Å². The van der Waals surface area contributed by atoms with E-state index < -0.39 is 10.1 Å². The Morgan fingerprint density at radius 3 is 2.27 bits per heavy atom. The van der Waals surface area contributed by atoms with Crippen molar-refractivity contribution in [2.75, 3.05) is 40.2 Å². The quantitative estimate of drug-likeness (QED) is 0.618. The number of nitrogens with zero attached hydrogens (tertiary/aromatic N) is 1. The number of carbonyl (C=O) groups is 1.